The highest BCUT2D eigenvalue weighted by atomic mass is 16.8. The number of hydrogen-bond donors (Lipinski definition) is 6. The van der Waals surface area contributed by atoms with Crippen molar-refractivity contribution in [3.8, 4) is 0 Å². The SMILES string of the molecule is CCCCCCCC/C=C\CCCCCCCC1OCC(OC(OC2OC(CO)C(O)C(O)C2O)C(O)O)C(C)O1. The van der Waals surface area contributed by atoms with E-state index >= 15 is 0 Å². The predicted molar refractivity (Wildman–Crippen MR) is 151 cm³/mol. The van der Waals surface area contributed by atoms with Gasteiger partial charge < -0.3 is 54.3 Å². The summed E-state index contributed by atoms with van der Waals surface area (Å²) in [5.74, 6) is 0. The molecule has 2 aliphatic heterocycles. The van der Waals surface area contributed by atoms with Crippen LogP contribution in [-0.2, 0) is 23.7 Å². The molecule has 11 heteroatoms. The molecule has 0 aromatic carbocycles. The Bertz CT molecular complexity index is 677. The first-order chi connectivity index (χ1) is 19.8. The van der Waals surface area contributed by atoms with E-state index in [1.165, 1.54) is 64.2 Å². The minimum atomic E-state index is -2.11. The smallest absolute Gasteiger partial charge is 0.212 e. The fourth-order valence-electron chi connectivity index (χ4n) is 5.04. The molecule has 0 spiro atoms. The van der Waals surface area contributed by atoms with Crippen molar-refractivity contribution in [3.63, 3.8) is 0 Å². The highest BCUT2D eigenvalue weighted by Crippen LogP contribution is 2.26. The zero-order valence-corrected chi connectivity index (χ0v) is 25.0. The highest BCUT2D eigenvalue weighted by molar-refractivity contribution is 4.89. The van der Waals surface area contributed by atoms with Crippen LogP contribution >= 0.6 is 0 Å². The van der Waals surface area contributed by atoms with Gasteiger partial charge in [0.05, 0.1) is 19.3 Å². The minimum absolute atomic E-state index is 0.137. The Balaban J connectivity index is 1.58. The Hall–Kier alpha value is -0.700. The van der Waals surface area contributed by atoms with Crippen molar-refractivity contribution in [1.29, 1.82) is 0 Å². The van der Waals surface area contributed by atoms with Gasteiger partial charge in [-0.2, -0.15) is 0 Å². The molecular formula is C30H56O11. The third-order valence-corrected chi connectivity index (χ3v) is 7.71. The lowest BCUT2D eigenvalue weighted by Crippen LogP contribution is -2.60. The quantitative estimate of drug-likeness (QED) is 0.0659. The molecule has 11 nitrogen and oxygen atoms in total. The third kappa shape index (κ3) is 13.6. The number of rotatable bonds is 21. The maximum Gasteiger partial charge on any atom is 0.212 e. The molecule has 2 fully saturated rings. The highest BCUT2D eigenvalue weighted by Gasteiger charge is 2.46. The summed E-state index contributed by atoms with van der Waals surface area (Å²) in [4.78, 5) is 0. The number of ether oxygens (including phenoxy) is 5. The Morgan fingerprint density at radius 2 is 1.39 bits per heavy atom. The van der Waals surface area contributed by atoms with Crippen LogP contribution in [0, 0.1) is 0 Å². The lowest BCUT2D eigenvalue weighted by molar-refractivity contribution is -0.381. The summed E-state index contributed by atoms with van der Waals surface area (Å²) >= 11 is 0. The molecule has 2 saturated heterocycles. The van der Waals surface area contributed by atoms with Gasteiger partial charge >= 0.3 is 0 Å². The van der Waals surface area contributed by atoms with Crippen LogP contribution < -0.4 is 0 Å². The van der Waals surface area contributed by atoms with E-state index in [0.717, 1.165) is 25.7 Å². The van der Waals surface area contributed by atoms with Crippen molar-refractivity contribution in [2.24, 2.45) is 0 Å². The van der Waals surface area contributed by atoms with E-state index in [0.29, 0.717) is 0 Å². The van der Waals surface area contributed by atoms with Gasteiger partial charge in [-0.15, -0.1) is 0 Å². The van der Waals surface area contributed by atoms with E-state index < -0.39 is 62.1 Å². The van der Waals surface area contributed by atoms with Crippen LogP contribution in [0.1, 0.15) is 104 Å². The normalized spacial score (nSPS) is 31.7. The first-order valence-electron chi connectivity index (χ1n) is 15.7. The number of unbranched alkanes of at least 4 members (excludes halogenated alkanes) is 11. The molecule has 0 aromatic rings. The maximum atomic E-state index is 10.2. The van der Waals surface area contributed by atoms with Crippen LogP contribution in [0.25, 0.3) is 0 Å². The average Bonchev–Trinajstić information content (AvgIpc) is 2.95. The number of aliphatic hydroxyl groups is 6. The molecule has 0 saturated carbocycles. The van der Waals surface area contributed by atoms with Crippen LogP contribution in [0.2, 0.25) is 0 Å². The topological polar surface area (TPSA) is 168 Å². The van der Waals surface area contributed by atoms with E-state index in [-0.39, 0.29) is 12.9 Å². The van der Waals surface area contributed by atoms with Gasteiger partial charge in [-0.3, -0.25) is 0 Å². The third-order valence-electron chi connectivity index (χ3n) is 7.71. The molecule has 6 N–H and O–H groups in total. The van der Waals surface area contributed by atoms with E-state index in [4.69, 9.17) is 23.7 Å². The molecule has 0 radical (unpaired) electrons. The summed E-state index contributed by atoms with van der Waals surface area (Å²) in [7, 11) is 0. The summed E-state index contributed by atoms with van der Waals surface area (Å²) in [5.41, 5.74) is 0. The van der Waals surface area contributed by atoms with E-state index in [9.17, 15) is 30.6 Å². The van der Waals surface area contributed by atoms with Gasteiger partial charge in [-0.05, 0) is 45.4 Å². The Morgan fingerprint density at radius 3 is 1.98 bits per heavy atom. The van der Waals surface area contributed by atoms with Crippen molar-refractivity contribution in [2.45, 2.75) is 166 Å². The van der Waals surface area contributed by atoms with Gasteiger partial charge in [-0.25, -0.2) is 0 Å². The Morgan fingerprint density at radius 1 is 0.780 bits per heavy atom. The molecule has 9 unspecified atom stereocenters. The van der Waals surface area contributed by atoms with Crippen LogP contribution in [0.4, 0.5) is 0 Å². The molecule has 9 atom stereocenters. The maximum absolute atomic E-state index is 10.2. The second-order valence-electron chi connectivity index (χ2n) is 11.3. The van der Waals surface area contributed by atoms with Crippen LogP contribution in [0.5, 0.6) is 0 Å². The molecule has 0 amide bonds. The monoisotopic (exact) mass is 592 g/mol. The Labute approximate surface area is 245 Å². The summed E-state index contributed by atoms with van der Waals surface area (Å²) in [6.45, 7) is 3.53. The second kappa shape index (κ2) is 21.1. The predicted octanol–water partition coefficient (Wildman–Crippen LogP) is 2.62. The standard InChI is InChI=1S/C30H56O11/c1-3-4-5-6-7-8-9-10-11-12-13-14-15-16-17-18-24-37-20-23(21(2)38-24)40-30(28(35)36)41-29-27(34)26(33)25(32)22(19-31)39-29/h10-11,21-36H,3-9,12-20H2,1-2H3/b11-10-. The number of hydrogen-bond acceptors (Lipinski definition) is 11. The summed E-state index contributed by atoms with van der Waals surface area (Å²) in [5, 5.41) is 58.9. The molecule has 0 bridgehead atoms. The fourth-order valence-corrected chi connectivity index (χ4v) is 5.04. The van der Waals surface area contributed by atoms with E-state index in [2.05, 4.69) is 19.1 Å². The number of aliphatic hydroxyl groups excluding tert-OH is 5. The molecule has 0 aliphatic carbocycles. The molecule has 2 heterocycles. The van der Waals surface area contributed by atoms with Gasteiger partial charge in [0.2, 0.25) is 12.6 Å². The Kier molecular flexibility index (Phi) is 18.8. The van der Waals surface area contributed by atoms with Crippen molar-refractivity contribution in [2.75, 3.05) is 13.2 Å². The van der Waals surface area contributed by atoms with Crippen molar-refractivity contribution in [1.82, 2.24) is 0 Å². The first kappa shape index (κ1) is 36.5. The second-order valence-corrected chi connectivity index (χ2v) is 11.3. The van der Waals surface area contributed by atoms with Gasteiger partial charge in [0.15, 0.2) is 12.6 Å². The van der Waals surface area contributed by atoms with Crippen LogP contribution in [-0.4, -0.2) is 106 Å². The molecule has 2 aliphatic rings. The zero-order chi connectivity index (χ0) is 30.0. The van der Waals surface area contributed by atoms with E-state index in [1.807, 2.05) is 0 Å². The molecule has 41 heavy (non-hydrogen) atoms. The molecular weight excluding hydrogens is 536 g/mol. The summed E-state index contributed by atoms with van der Waals surface area (Å²) in [6, 6.07) is 0. The van der Waals surface area contributed by atoms with Crippen LogP contribution in [0.15, 0.2) is 12.2 Å². The van der Waals surface area contributed by atoms with Crippen molar-refractivity contribution in [3.05, 3.63) is 12.2 Å². The lowest BCUT2D eigenvalue weighted by Gasteiger charge is -2.42. The van der Waals surface area contributed by atoms with Gasteiger partial charge in [0.1, 0.15) is 30.5 Å². The molecule has 242 valence electrons. The summed E-state index contributed by atoms with van der Waals surface area (Å²) < 4.78 is 28.0. The van der Waals surface area contributed by atoms with Gasteiger partial charge in [0.25, 0.3) is 0 Å². The van der Waals surface area contributed by atoms with Crippen molar-refractivity contribution < 1.29 is 54.3 Å². The minimum Gasteiger partial charge on any atom is -0.394 e. The molecule has 2 rings (SSSR count). The largest absolute Gasteiger partial charge is 0.394 e. The van der Waals surface area contributed by atoms with Crippen LogP contribution in [0.3, 0.4) is 0 Å². The zero-order valence-electron chi connectivity index (χ0n) is 25.0. The van der Waals surface area contributed by atoms with Crippen molar-refractivity contribution >= 4 is 0 Å². The first-order valence-corrected chi connectivity index (χ1v) is 15.7. The van der Waals surface area contributed by atoms with E-state index in [1.54, 1.807) is 6.92 Å². The van der Waals surface area contributed by atoms with Gasteiger partial charge in [0, 0.05) is 0 Å². The fraction of sp³-hybridized carbons (Fsp3) is 0.933. The number of allylic oxidation sites excluding steroid dienone is 2. The summed E-state index contributed by atoms with van der Waals surface area (Å²) in [6.07, 6.45) is 8.47. The lowest BCUT2D eigenvalue weighted by atomic mass is 9.99. The average molecular weight is 593 g/mol. The van der Waals surface area contributed by atoms with Gasteiger partial charge in [-0.1, -0.05) is 70.4 Å². The molecule has 0 aromatic heterocycles.